The van der Waals surface area contributed by atoms with Gasteiger partial charge in [-0.3, -0.25) is 5.43 Å². The molecule has 0 atom stereocenters. The molecule has 0 aromatic heterocycles. The lowest BCUT2D eigenvalue weighted by Gasteiger charge is -2.08. The number of anilines is 1. The zero-order valence-corrected chi connectivity index (χ0v) is 12.8. The van der Waals surface area contributed by atoms with Crippen LogP contribution in [-0.2, 0) is 6.61 Å². The van der Waals surface area contributed by atoms with E-state index in [-0.39, 0.29) is 5.92 Å². The summed E-state index contributed by atoms with van der Waals surface area (Å²) >= 11 is 0. The minimum atomic E-state index is 0.103. The molecule has 0 fully saturated rings. The van der Waals surface area contributed by atoms with E-state index >= 15 is 0 Å². The first-order chi connectivity index (χ1) is 10.7. The van der Waals surface area contributed by atoms with Gasteiger partial charge in [0, 0.05) is 5.92 Å². The smallest absolute Gasteiger partial charge is 0.140 e. The Hall–Kier alpha value is -2.80. The number of nitrogens with zero attached hydrogens (tertiary/aromatic N) is 2. The molecule has 2 aromatic rings. The highest BCUT2D eigenvalue weighted by Crippen LogP contribution is 2.17. The van der Waals surface area contributed by atoms with E-state index < -0.39 is 0 Å². The summed E-state index contributed by atoms with van der Waals surface area (Å²) in [6.07, 6.45) is 0. The zero-order valence-electron chi connectivity index (χ0n) is 12.8. The second kappa shape index (κ2) is 7.84. The number of rotatable bonds is 6. The second-order valence-electron chi connectivity index (χ2n) is 5.17. The predicted molar refractivity (Wildman–Crippen MR) is 88.7 cm³/mol. The highest BCUT2D eigenvalue weighted by molar-refractivity contribution is 6.00. The Morgan fingerprint density at radius 1 is 1.14 bits per heavy atom. The molecule has 0 saturated carbocycles. The molecule has 0 spiro atoms. The third-order valence-corrected chi connectivity index (χ3v) is 3.07. The average Bonchev–Trinajstić information content (AvgIpc) is 2.55. The van der Waals surface area contributed by atoms with Crippen molar-refractivity contribution in [1.82, 2.24) is 0 Å². The molecule has 4 nitrogen and oxygen atoms in total. The van der Waals surface area contributed by atoms with Crippen LogP contribution in [0.5, 0.6) is 5.75 Å². The van der Waals surface area contributed by atoms with Crippen LogP contribution in [0.2, 0.25) is 0 Å². The Morgan fingerprint density at radius 3 is 2.41 bits per heavy atom. The summed E-state index contributed by atoms with van der Waals surface area (Å²) in [6.45, 7) is 4.41. The fourth-order valence-electron chi connectivity index (χ4n) is 1.77. The summed E-state index contributed by atoms with van der Waals surface area (Å²) in [6, 6.07) is 19.6. The van der Waals surface area contributed by atoms with E-state index in [4.69, 9.17) is 10.00 Å². The molecule has 0 radical (unpaired) electrons. The quantitative estimate of drug-likeness (QED) is 0.641. The van der Waals surface area contributed by atoms with Crippen molar-refractivity contribution in [3.8, 4) is 11.8 Å². The minimum absolute atomic E-state index is 0.103. The number of hydrogen-bond acceptors (Lipinski definition) is 4. The molecular weight excluding hydrogens is 274 g/mol. The number of ether oxygens (including phenoxy) is 1. The molecule has 0 unspecified atom stereocenters. The monoisotopic (exact) mass is 293 g/mol. The van der Waals surface area contributed by atoms with E-state index in [1.807, 2.05) is 68.4 Å². The Kier molecular flexibility index (Phi) is 5.56. The maximum absolute atomic E-state index is 8.96. The van der Waals surface area contributed by atoms with Crippen LogP contribution in [0.25, 0.3) is 0 Å². The van der Waals surface area contributed by atoms with Crippen molar-refractivity contribution in [2.24, 2.45) is 11.0 Å². The molecule has 1 N–H and O–H groups in total. The second-order valence-corrected chi connectivity index (χ2v) is 5.17. The van der Waals surface area contributed by atoms with Crippen molar-refractivity contribution in [2.75, 3.05) is 5.43 Å². The van der Waals surface area contributed by atoms with Crippen molar-refractivity contribution in [3.63, 3.8) is 0 Å². The maximum atomic E-state index is 8.96. The van der Waals surface area contributed by atoms with E-state index in [1.165, 1.54) is 0 Å². The van der Waals surface area contributed by atoms with Gasteiger partial charge in [-0.2, -0.15) is 10.4 Å². The van der Waals surface area contributed by atoms with Crippen LogP contribution in [0.3, 0.4) is 0 Å². The molecule has 0 bridgehead atoms. The Bertz CT molecular complexity index is 655. The van der Waals surface area contributed by atoms with Gasteiger partial charge in [-0.25, -0.2) is 0 Å². The van der Waals surface area contributed by atoms with Crippen LogP contribution < -0.4 is 10.2 Å². The van der Waals surface area contributed by atoms with Gasteiger partial charge in [0.2, 0.25) is 0 Å². The standard InChI is InChI=1S/C18H19N3O/c1-14(2)18(12-19)21-20-16-8-10-17(11-9-16)22-13-15-6-4-3-5-7-15/h3-11,14,20H,13H2,1-2H3/b21-18+. The van der Waals surface area contributed by atoms with Crippen LogP contribution in [0.15, 0.2) is 59.7 Å². The summed E-state index contributed by atoms with van der Waals surface area (Å²) in [5.74, 6) is 0.897. The van der Waals surface area contributed by atoms with E-state index in [2.05, 4.69) is 16.6 Å². The third kappa shape index (κ3) is 4.64. The Balaban J connectivity index is 1.92. The van der Waals surface area contributed by atoms with E-state index in [0.29, 0.717) is 12.3 Å². The lowest BCUT2D eigenvalue weighted by Crippen LogP contribution is -2.07. The number of nitriles is 1. The molecule has 0 aliphatic carbocycles. The average molecular weight is 293 g/mol. The first-order valence-corrected chi connectivity index (χ1v) is 7.19. The van der Waals surface area contributed by atoms with Crippen LogP contribution in [0.1, 0.15) is 19.4 Å². The van der Waals surface area contributed by atoms with Crippen molar-refractivity contribution in [2.45, 2.75) is 20.5 Å². The SMILES string of the molecule is CC(C)/C(C#N)=N/Nc1ccc(OCc2ccccc2)cc1. The molecule has 4 heteroatoms. The van der Waals surface area contributed by atoms with Gasteiger partial charge in [-0.1, -0.05) is 44.2 Å². The molecule has 0 saturated heterocycles. The van der Waals surface area contributed by atoms with Crippen molar-refractivity contribution >= 4 is 11.4 Å². The summed E-state index contributed by atoms with van der Waals surface area (Å²) in [5.41, 5.74) is 5.31. The van der Waals surface area contributed by atoms with Gasteiger partial charge in [-0.15, -0.1) is 0 Å². The molecule has 2 rings (SSSR count). The molecule has 112 valence electrons. The largest absolute Gasteiger partial charge is 0.489 e. The van der Waals surface area contributed by atoms with Crippen molar-refractivity contribution in [3.05, 3.63) is 60.2 Å². The number of hydrogen-bond donors (Lipinski definition) is 1. The van der Waals surface area contributed by atoms with E-state index in [0.717, 1.165) is 17.0 Å². The number of benzene rings is 2. The molecule has 2 aromatic carbocycles. The van der Waals surface area contributed by atoms with Crippen molar-refractivity contribution < 1.29 is 4.74 Å². The predicted octanol–water partition coefficient (Wildman–Crippen LogP) is 4.21. The Labute approximate surface area is 131 Å². The van der Waals surface area contributed by atoms with Gasteiger partial charge in [0.05, 0.1) is 5.69 Å². The summed E-state index contributed by atoms with van der Waals surface area (Å²) in [7, 11) is 0. The number of nitrogens with one attached hydrogen (secondary N) is 1. The van der Waals surface area contributed by atoms with Gasteiger partial charge >= 0.3 is 0 Å². The summed E-state index contributed by atoms with van der Waals surface area (Å²) < 4.78 is 5.72. The van der Waals surface area contributed by atoms with Crippen LogP contribution >= 0.6 is 0 Å². The summed E-state index contributed by atoms with van der Waals surface area (Å²) in [5, 5.41) is 13.1. The lowest BCUT2D eigenvalue weighted by molar-refractivity contribution is 0.306. The van der Waals surface area contributed by atoms with Gasteiger partial charge < -0.3 is 4.74 Å². The number of hydrazone groups is 1. The fraction of sp³-hybridized carbons (Fsp3) is 0.222. The van der Waals surface area contributed by atoms with Gasteiger partial charge in [0.15, 0.2) is 0 Å². The highest BCUT2D eigenvalue weighted by atomic mass is 16.5. The van der Waals surface area contributed by atoms with E-state index in [9.17, 15) is 0 Å². The first-order valence-electron chi connectivity index (χ1n) is 7.19. The summed E-state index contributed by atoms with van der Waals surface area (Å²) in [4.78, 5) is 0. The van der Waals surface area contributed by atoms with Crippen LogP contribution in [-0.4, -0.2) is 5.71 Å². The zero-order chi connectivity index (χ0) is 15.8. The molecule has 0 aliphatic heterocycles. The lowest BCUT2D eigenvalue weighted by atomic mass is 10.1. The topological polar surface area (TPSA) is 57.4 Å². The normalized spacial score (nSPS) is 11.1. The molecule has 0 heterocycles. The maximum Gasteiger partial charge on any atom is 0.140 e. The van der Waals surface area contributed by atoms with Crippen molar-refractivity contribution in [1.29, 1.82) is 5.26 Å². The molecule has 0 amide bonds. The fourth-order valence-corrected chi connectivity index (χ4v) is 1.77. The minimum Gasteiger partial charge on any atom is -0.489 e. The molecule has 0 aliphatic rings. The van der Waals surface area contributed by atoms with Gasteiger partial charge in [0.1, 0.15) is 24.1 Å². The van der Waals surface area contributed by atoms with Crippen LogP contribution in [0.4, 0.5) is 5.69 Å². The molecular formula is C18H19N3O. The Morgan fingerprint density at radius 2 is 1.82 bits per heavy atom. The van der Waals surface area contributed by atoms with Gasteiger partial charge in [-0.05, 0) is 29.8 Å². The van der Waals surface area contributed by atoms with Crippen LogP contribution in [0, 0.1) is 17.2 Å². The van der Waals surface area contributed by atoms with Gasteiger partial charge in [0.25, 0.3) is 0 Å². The highest BCUT2D eigenvalue weighted by Gasteiger charge is 2.03. The first kappa shape index (κ1) is 15.6. The van der Waals surface area contributed by atoms with E-state index in [1.54, 1.807) is 0 Å². The third-order valence-electron chi connectivity index (χ3n) is 3.07. The molecule has 22 heavy (non-hydrogen) atoms.